The molecule has 0 radical (unpaired) electrons. The third kappa shape index (κ3) is 2.44. The Morgan fingerprint density at radius 1 is 1.29 bits per heavy atom. The van der Waals surface area contributed by atoms with Gasteiger partial charge in [0.1, 0.15) is 0 Å². The Balaban J connectivity index is 2.44. The van der Waals surface area contributed by atoms with Gasteiger partial charge in [-0.3, -0.25) is 0 Å². The van der Waals surface area contributed by atoms with Crippen molar-refractivity contribution in [1.29, 1.82) is 0 Å². The maximum absolute atomic E-state index is 12.4. The SMILES string of the molecule is Cc1cc(Cl)ccc1-n1cc(C(F)(F)F)cn1. The van der Waals surface area contributed by atoms with Crippen LogP contribution in [0.15, 0.2) is 30.6 Å². The Kier molecular flexibility index (Phi) is 2.87. The molecular formula is C11H8ClF3N2. The monoisotopic (exact) mass is 260 g/mol. The van der Waals surface area contributed by atoms with Gasteiger partial charge in [-0.25, -0.2) is 4.68 Å². The third-order valence-electron chi connectivity index (χ3n) is 2.32. The molecule has 0 aliphatic carbocycles. The Labute approximate surface area is 101 Å². The van der Waals surface area contributed by atoms with Crippen LogP contribution >= 0.6 is 11.6 Å². The average Bonchev–Trinajstić information content (AvgIpc) is 2.65. The Hall–Kier alpha value is -1.49. The van der Waals surface area contributed by atoms with Crippen molar-refractivity contribution in [3.8, 4) is 5.69 Å². The van der Waals surface area contributed by atoms with Crippen LogP contribution in [0.2, 0.25) is 5.02 Å². The molecule has 0 spiro atoms. The van der Waals surface area contributed by atoms with Crippen molar-refractivity contribution in [1.82, 2.24) is 9.78 Å². The summed E-state index contributed by atoms with van der Waals surface area (Å²) in [5, 5.41) is 4.23. The van der Waals surface area contributed by atoms with E-state index in [1.54, 1.807) is 25.1 Å². The summed E-state index contributed by atoms with van der Waals surface area (Å²) in [6.07, 6.45) is -2.62. The summed E-state index contributed by atoms with van der Waals surface area (Å²) in [5.74, 6) is 0. The first-order chi connectivity index (χ1) is 7.88. The van der Waals surface area contributed by atoms with Crippen LogP contribution in [0.5, 0.6) is 0 Å². The molecule has 2 aromatic rings. The predicted octanol–water partition coefficient (Wildman–Crippen LogP) is 3.85. The average molecular weight is 261 g/mol. The van der Waals surface area contributed by atoms with Gasteiger partial charge < -0.3 is 0 Å². The second kappa shape index (κ2) is 4.07. The molecule has 17 heavy (non-hydrogen) atoms. The molecule has 0 bridgehead atoms. The summed E-state index contributed by atoms with van der Waals surface area (Å²) in [7, 11) is 0. The van der Waals surface area contributed by atoms with Crippen molar-refractivity contribution in [3.63, 3.8) is 0 Å². The fraction of sp³-hybridized carbons (Fsp3) is 0.182. The van der Waals surface area contributed by atoms with E-state index in [2.05, 4.69) is 5.10 Å². The predicted molar refractivity (Wildman–Crippen MR) is 58.3 cm³/mol. The third-order valence-corrected chi connectivity index (χ3v) is 2.55. The van der Waals surface area contributed by atoms with Crippen LogP contribution in [0.4, 0.5) is 13.2 Å². The van der Waals surface area contributed by atoms with Gasteiger partial charge in [-0.05, 0) is 30.7 Å². The van der Waals surface area contributed by atoms with Gasteiger partial charge in [0, 0.05) is 11.2 Å². The molecule has 90 valence electrons. The van der Waals surface area contributed by atoms with E-state index >= 15 is 0 Å². The highest BCUT2D eigenvalue weighted by Crippen LogP contribution is 2.29. The zero-order valence-corrected chi connectivity index (χ0v) is 9.55. The number of aryl methyl sites for hydroxylation is 1. The number of alkyl halides is 3. The smallest absolute Gasteiger partial charge is 0.240 e. The molecule has 0 N–H and O–H groups in total. The van der Waals surface area contributed by atoms with Crippen LogP contribution in [0.1, 0.15) is 11.1 Å². The van der Waals surface area contributed by atoms with Crippen LogP contribution in [-0.2, 0) is 6.18 Å². The highest BCUT2D eigenvalue weighted by molar-refractivity contribution is 6.30. The van der Waals surface area contributed by atoms with Gasteiger partial charge >= 0.3 is 6.18 Å². The molecule has 1 heterocycles. The molecule has 0 saturated heterocycles. The van der Waals surface area contributed by atoms with Crippen LogP contribution in [0.25, 0.3) is 5.69 Å². The second-order valence-electron chi connectivity index (χ2n) is 3.60. The van der Waals surface area contributed by atoms with E-state index in [1.165, 1.54) is 4.68 Å². The molecule has 0 aliphatic rings. The lowest BCUT2D eigenvalue weighted by molar-refractivity contribution is -0.137. The van der Waals surface area contributed by atoms with E-state index in [0.29, 0.717) is 10.7 Å². The van der Waals surface area contributed by atoms with Gasteiger partial charge in [-0.1, -0.05) is 11.6 Å². The molecule has 0 atom stereocenters. The molecule has 6 heteroatoms. The summed E-state index contributed by atoms with van der Waals surface area (Å²) in [6, 6.07) is 4.91. The van der Waals surface area contributed by atoms with Gasteiger partial charge in [-0.2, -0.15) is 18.3 Å². The minimum absolute atomic E-state index is 0.537. The summed E-state index contributed by atoms with van der Waals surface area (Å²) >= 11 is 5.77. The molecule has 2 nitrogen and oxygen atoms in total. The lowest BCUT2D eigenvalue weighted by atomic mass is 10.2. The summed E-state index contributed by atoms with van der Waals surface area (Å²) < 4.78 is 38.4. The Morgan fingerprint density at radius 2 is 2.00 bits per heavy atom. The van der Waals surface area contributed by atoms with Gasteiger partial charge in [-0.15, -0.1) is 0 Å². The van der Waals surface area contributed by atoms with Gasteiger partial charge in [0.25, 0.3) is 0 Å². The molecule has 0 fully saturated rings. The van der Waals surface area contributed by atoms with E-state index in [1.807, 2.05) is 0 Å². The molecule has 0 saturated carbocycles. The molecule has 1 aromatic heterocycles. The molecule has 0 unspecified atom stereocenters. The number of hydrogen-bond donors (Lipinski definition) is 0. The maximum atomic E-state index is 12.4. The van der Waals surface area contributed by atoms with Crippen molar-refractivity contribution in [3.05, 3.63) is 46.7 Å². The Morgan fingerprint density at radius 3 is 2.53 bits per heavy atom. The topological polar surface area (TPSA) is 17.8 Å². The van der Waals surface area contributed by atoms with E-state index < -0.39 is 11.7 Å². The quantitative estimate of drug-likeness (QED) is 0.761. The fourth-order valence-electron chi connectivity index (χ4n) is 1.48. The summed E-state index contributed by atoms with van der Waals surface area (Å²) in [4.78, 5) is 0. The van der Waals surface area contributed by atoms with E-state index in [-0.39, 0.29) is 0 Å². The first-order valence-electron chi connectivity index (χ1n) is 4.76. The van der Waals surface area contributed by atoms with Crippen molar-refractivity contribution < 1.29 is 13.2 Å². The van der Waals surface area contributed by atoms with Crippen molar-refractivity contribution in [2.24, 2.45) is 0 Å². The van der Waals surface area contributed by atoms with Gasteiger partial charge in [0.2, 0.25) is 0 Å². The normalized spacial score (nSPS) is 11.8. The van der Waals surface area contributed by atoms with Crippen LogP contribution in [0, 0.1) is 6.92 Å². The zero-order valence-electron chi connectivity index (χ0n) is 8.79. The van der Waals surface area contributed by atoms with Crippen molar-refractivity contribution >= 4 is 11.6 Å². The molecule has 1 aromatic carbocycles. The second-order valence-corrected chi connectivity index (χ2v) is 4.04. The Bertz CT molecular complexity index is 546. The number of rotatable bonds is 1. The van der Waals surface area contributed by atoms with Gasteiger partial charge in [0.15, 0.2) is 0 Å². The highest BCUT2D eigenvalue weighted by Gasteiger charge is 2.32. The van der Waals surface area contributed by atoms with E-state index in [0.717, 1.165) is 18.0 Å². The number of hydrogen-bond acceptors (Lipinski definition) is 1. The standard InChI is InChI=1S/C11H8ClF3N2/c1-7-4-9(12)2-3-10(7)17-6-8(5-16-17)11(13,14)15/h2-6H,1H3. The molecule has 0 amide bonds. The van der Waals surface area contributed by atoms with E-state index in [4.69, 9.17) is 11.6 Å². The zero-order chi connectivity index (χ0) is 12.6. The number of nitrogens with zero attached hydrogens (tertiary/aromatic N) is 2. The minimum atomic E-state index is -4.38. The van der Waals surface area contributed by atoms with Gasteiger partial charge in [0.05, 0.1) is 17.4 Å². The molecule has 2 rings (SSSR count). The first kappa shape index (κ1) is 12.0. The van der Waals surface area contributed by atoms with Crippen molar-refractivity contribution in [2.45, 2.75) is 13.1 Å². The van der Waals surface area contributed by atoms with Crippen LogP contribution in [-0.4, -0.2) is 9.78 Å². The number of halogens is 4. The molecular weight excluding hydrogens is 253 g/mol. The first-order valence-corrected chi connectivity index (χ1v) is 5.14. The van der Waals surface area contributed by atoms with Crippen LogP contribution < -0.4 is 0 Å². The largest absolute Gasteiger partial charge is 0.419 e. The number of aromatic nitrogens is 2. The van der Waals surface area contributed by atoms with Crippen molar-refractivity contribution in [2.75, 3.05) is 0 Å². The fourth-order valence-corrected chi connectivity index (χ4v) is 1.70. The lowest BCUT2D eigenvalue weighted by Crippen LogP contribution is -2.03. The molecule has 0 aliphatic heterocycles. The van der Waals surface area contributed by atoms with Crippen LogP contribution in [0.3, 0.4) is 0 Å². The summed E-state index contributed by atoms with van der Waals surface area (Å²) in [5.41, 5.74) is 0.561. The number of benzene rings is 1. The summed E-state index contributed by atoms with van der Waals surface area (Å²) in [6.45, 7) is 1.76. The minimum Gasteiger partial charge on any atom is -0.240 e. The maximum Gasteiger partial charge on any atom is 0.419 e. The lowest BCUT2D eigenvalue weighted by Gasteiger charge is -2.06. The van der Waals surface area contributed by atoms with E-state index in [9.17, 15) is 13.2 Å². The highest BCUT2D eigenvalue weighted by atomic mass is 35.5.